The van der Waals surface area contributed by atoms with Crippen LogP contribution in [0.15, 0.2) is 71.4 Å². The molecule has 3 aromatic carbocycles. The van der Waals surface area contributed by atoms with Gasteiger partial charge in [-0.2, -0.15) is 0 Å². The van der Waals surface area contributed by atoms with Gasteiger partial charge in [0.25, 0.3) is 5.91 Å². The Morgan fingerprint density at radius 2 is 1.85 bits per heavy atom. The molecular formula is C25H17F2IN2O4. The quantitative estimate of drug-likeness (QED) is 0.223. The van der Waals surface area contributed by atoms with E-state index in [9.17, 15) is 18.4 Å². The van der Waals surface area contributed by atoms with Gasteiger partial charge in [-0.25, -0.2) is 8.78 Å². The molecule has 0 aliphatic heterocycles. The zero-order chi connectivity index (χ0) is 24.2. The van der Waals surface area contributed by atoms with Crippen molar-refractivity contribution in [2.75, 3.05) is 0 Å². The molecule has 34 heavy (non-hydrogen) atoms. The molecule has 0 aliphatic rings. The first-order valence-electron chi connectivity index (χ1n) is 10.1. The summed E-state index contributed by atoms with van der Waals surface area (Å²) in [4.78, 5) is 24.6. The van der Waals surface area contributed by atoms with Crippen LogP contribution in [0.1, 0.15) is 37.6 Å². The fraction of sp³-hybridized carbons (Fsp3) is 0.0800. The van der Waals surface area contributed by atoms with Gasteiger partial charge >= 0.3 is 0 Å². The lowest BCUT2D eigenvalue weighted by atomic mass is 9.98. The van der Waals surface area contributed by atoms with Crippen LogP contribution in [-0.2, 0) is 12.8 Å². The largest absolute Gasteiger partial charge is 0.456 e. The molecule has 0 unspecified atom stereocenters. The summed E-state index contributed by atoms with van der Waals surface area (Å²) >= 11 is 1.98. The lowest BCUT2D eigenvalue weighted by molar-refractivity contribution is 0.0956. The predicted molar refractivity (Wildman–Crippen MR) is 128 cm³/mol. The number of Topliss-reactive ketones (excluding diaryl/α,β-unsaturated/α-hetero) is 1. The molecule has 0 spiro atoms. The third-order valence-electron chi connectivity index (χ3n) is 4.99. The average Bonchev–Trinajstić information content (AvgIpc) is 3.31. The number of nitrogens with zero attached hydrogens (tertiary/aromatic N) is 1. The molecule has 6 nitrogen and oxygen atoms in total. The standard InChI is InChI=1S/C25H17F2IN2O4/c26-17-11-16(10-15-4-5-18(28)13-20(15)27)24(25(29)32)23(12-17)33-19-3-1-2-14(8-19)9-21(31)22-6-7-30-34-22/h1-8,11-13H,9-10H2,(H2,29,32). The van der Waals surface area contributed by atoms with Gasteiger partial charge < -0.3 is 15.0 Å². The first kappa shape index (κ1) is 23.6. The molecule has 172 valence electrons. The number of primary amides is 1. The summed E-state index contributed by atoms with van der Waals surface area (Å²) in [5.41, 5.74) is 6.62. The van der Waals surface area contributed by atoms with Gasteiger partial charge in [0.2, 0.25) is 11.5 Å². The number of ether oxygens (including phenoxy) is 1. The van der Waals surface area contributed by atoms with Gasteiger partial charge in [0.1, 0.15) is 23.1 Å². The summed E-state index contributed by atoms with van der Waals surface area (Å²) in [5, 5.41) is 3.52. The zero-order valence-corrected chi connectivity index (χ0v) is 19.7. The van der Waals surface area contributed by atoms with E-state index in [1.54, 1.807) is 36.4 Å². The van der Waals surface area contributed by atoms with Crippen LogP contribution in [0.5, 0.6) is 11.5 Å². The number of hydrogen-bond donors (Lipinski definition) is 1. The van der Waals surface area contributed by atoms with Crippen LogP contribution >= 0.6 is 22.6 Å². The van der Waals surface area contributed by atoms with Gasteiger partial charge in [-0.3, -0.25) is 9.59 Å². The van der Waals surface area contributed by atoms with Gasteiger partial charge in [0, 0.05) is 28.5 Å². The van der Waals surface area contributed by atoms with E-state index < -0.39 is 17.5 Å². The second-order valence-corrected chi connectivity index (χ2v) is 8.69. The fourth-order valence-corrected chi connectivity index (χ4v) is 3.94. The summed E-state index contributed by atoms with van der Waals surface area (Å²) in [6.45, 7) is 0. The van der Waals surface area contributed by atoms with E-state index in [1.165, 1.54) is 18.3 Å². The molecule has 0 bridgehead atoms. The minimum atomic E-state index is -0.840. The lowest BCUT2D eigenvalue weighted by Gasteiger charge is -2.15. The molecule has 9 heteroatoms. The van der Waals surface area contributed by atoms with Crippen molar-refractivity contribution < 1.29 is 27.6 Å². The number of nitrogens with two attached hydrogens (primary N) is 1. The smallest absolute Gasteiger partial charge is 0.252 e. The van der Waals surface area contributed by atoms with Crippen molar-refractivity contribution >= 4 is 34.3 Å². The van der Waals surface area contributed by atoms with Crippen LogP contribution in [0.25, 0.3) is 0 Å². The van der Waals surface area contributed by atoms with Crippen LogP contribution in [0.2, 0.25) is 0 Å². The summed E-state index contributed by atoms with van der Waals surface area (Å²) in [6.07, 6.45) is 1.35. The summed E-state index contributed by atoms with van der Waals surface area (Å²) in [7, 11) is 0. The van der Waals surface area contributed by atoms with Crippen LogP contribution in [0.4, 0.5) is 8.78 Å². The van der Waals surface area contributed by atoms with Crippen molar-refractivity contribution in [1.82, 2.24) is 5.16 Å². The number of rotatable bonds is 8. The van der Waals surface area contributed by atoms with E-state index in [2.05, 4.69) is 5.16 Å². The number of carbonyl (C=O) groups is 2. The third-order valence-corrected chi connectivity index (χ3v) is 5.67. The van der Waals surface area contributed by atoms with E-state index in [4.69, 9.17) is 15.0 Å². The molecule has 4 aromatic rings. The van der Waals surface area contributed by atoms with Crippen LogP contribution in [-0.4, -0.2) is 16.8 Å². The molecule has 0 radical (unpaired) electrons. The second kappa shape index (κ2) is 10.1. The number of hydrogen-bond acceptors (Lipinski definition) is 5. The lowest BCUT2D eigenvalue weighted by Crippen LogP contribution is -2.16. The third kappa shape index (κ3) is 5.48. The van der Waals surface area contributed by atoms with E-state index in [0.29, 0.717) is 9.13 Å². The summed E-state index contributed by atoms with van der Waals surface area (Å²) in [6, 6.07) is 14.8. The van der Waals surface area contributed by atoms with Crippen molar-refractivity contribution in [1.29, 1.82) is 0 Å². The second-order valence-electron chi connectivity index (χ2n) is 7.44. The molecule has 2 N–H and O–H groups in total. The Kier molecular flexibility index (Phi) is 7.01. The highest BCUT2D eigenvalue weighted by Crippen LogP contribution is 2.31. The first-order chi connectivity index (χ1) is 16.3. The highest BCUT2D eigenvalue weighted by atomic mass is 127. The highest BCUT2D eigenvalue weighted by Gasteiger charge is 2.20. The van der Waals surface area contributed by atoms with E-state index in [-0.39, 0.29) is 52.6 Å². The highest BCUT2D eigenvalue weighted by molar-refractivity contribution is 14.1. The Morgan fingerprint density at radius 3 is 2.56 bits per heavy atom. The molecule has 1 aromatic heterocycles. The van der Waals surface area contributed by atoms with Crippen LogP contribution < -0.4 is 10.5 Å². The monoisotopic (exact) mass is 574 g/mol. The van der Waals surface area contributed by atoms with Gasteiger partial charge in [-0.15, -0.1) is 0 Å². The Hall–Kier alpha value is -3.60. The molecule has 1 amide bonds. The van der Waals surface area contributed by atoms with Gasteiger partial charge in [0.05, 0.1) is 11.8 Å². The number of amides is 1. The molecule has 0 atom stereocenters. The Morgan fingerprint density at radius 1 is 1.03 bits per heavy atom. The van der Waals surface area contributed by atoms with Gasteiger partial charge in [-0.1, -0.05) is 23.4 Å². The maximum atomic E-state index is 14.5. The fourth-order valence-electron chi connectivity index (χ4n) is 3.48. The topological polar surface area (TPSA) is 95.4 Å². The number of aromatic nitrogens is 1. The average molecular weight is 574 g/mol. The number of benzene rings is 3. The first-order valence-corrected chi connectivity index (χ1v) is 11.1. The molecule has 0 aliphatic carbocycles. The van der Waals surface area contributed by atoms with Crippen LogP contribution in [0.3, 0.4) is 0 Å². The van der Waals surface area contributed by atoms with E-state index in [0.717, 1.165) is 12.1 Å². The molecule has 0 fully saturated rings. The number of halogens is 3. The molecule has 4 rings (SSSR count). The maximum absolute atomic E-state index is 14.5. The van der Waals surface area contributed by atoms with Gasteiger partial charge in [0.15, 0.2) is 0 Å². The van der Waals surface area contributed by atoms with Crippen molar-refractivity contribution in [3.63, 3.8) is 0 Å². The molecule has 1 heterocycles. The summed E-state index contributed by atoms with van der Waals surface area (Å²) < 4.78 is 40.2. The SMILES string of the molecule is NC(=O)c1c(Cc2ccc(I)cc2F)cc(F)cc1Oc1cccc(CC(=O)c2ccno2)c1. The molecular weight excluding hydrogens is 557 g/mol. The Bertz CT molecular complexity index is 1370. The minimum Gasteiger partial charge on any atom is -0.456 e. The van der Waals surface area contributed by atoms with Crippen molar-refractivity contribution in [3.05, 3.63) is 110 Å². The van der Waals surface area contributed by atoms with Crippen molar-refractivity contribution in [2.24, 2.45) is 5.73 Å². The summed E-state index contributed by atoms with van der Waals surface area (Å²) in [5.74, 6) is -1.97. The van der Waals surface area contributed by atoms with E-state index in [1.807, 2.05) is 22.6 Å². The minimum absolute atomic E-state index is 0.0234. The van der Waals surface area contributed by atoms with E-state index >= 15 is 0 Å². The molecule has 0 saturated heterocycles. The number of carbonyl (C=O) groups excluding carboxylic acids is 2. The van der Waals surface area contributed by atoms with Crippen molar-refractivity contribution in [2.45, 2.75) is 12.8 Å². The molecule has 0 saturated carbocycles. The Labute approximate surface area is 206 Å². The Balaban J connectivity index is 1.64. The number of ketones is 1. The normalized spacial score (nSPS) is 10.8. The maximum Gasteiger partial charge on any atom is 0.252 e. The van der Waals surface area contributed by atoms with Gasteiger partial charge in [-0.05, 0) is 69.6 Å². The zero-order valence-electron chi connectivity index (χ0n) is 17.6. The predicted octanol–water partition coefficient (Wildman–Crippen LogP) is 5.46. The van der Waals surface area contributed by atoms with Crippen molar-refractivity contribution in [3.8, 4) is 11.5 Å². The van der Waals surface area contributed by atoms with Crippen LogP contribution in [0, 0.1) is 15.2 Å².